The van der Waals surface area contributed by atoms with Crippen LogP contribution < -0.4 is 0 Å². The van der Waals surface area contributed by atoms with Crippen LogP contribution in [0.25, 0.3) is 0 Å². The van der Waals surface area contributed by atoms with Crippen molar-refractivity contribution in [3.05, 3.63) is 35.4 Å². The maximum absolute atomic E-state index is 11.4. The highest BCUT2D eigenvalue weighted by atomic mass is 16.5. The van der Waals surface area contributed by atoms with Crippen molar-refractivity contribution >= 4 is 11.9 Å². The molecule has 1 unspecified atom stereocenters. The van der Waals surface area contributed by atoms with Crippen LogP contribution in [0.3, 0.4) is 0 Å². The van der Waals surface area contributed by atoms with Gasteiger partial charge in [0.15, 0.2) is 0 Å². The number of carbonyl (C=O) groups is 2. The van der Waals surface area contributed by atoms with Crippen LogP contribution in [0.4, 0.5) is 0 Å². The molecule has 1 saturated carbocycles. The van der Waals surface area contributed by atoms with E-state index in [1.54, 1.807) is 0 Å². The first-order chi connectivity index (χ1) is 11.8. The number of esters is 2. The van der Waals surface area contributed by atoms with Gasteiger partial charge in [0.25, 0.3) is 0 Å². The second-order valence-electron chi connectivity index (χ2n) is 8.18. The third kappa shape index (κ3) is 3.07. The Hall–Kier alpha value is -1.84. The zero-order valence-corrected chi connectivity index (χ0v) is 15.6. The molecule has 0 saturated heterocycles. The van der Waals surface area contributed by atoms with Gasteiger partial charge in [-0.25, -0.2) is 0 Å². The van der Waals surface area contributed by atoms with Gasteiger partial charge in [-0.05, 0) is 35.3 Å². The molecule has 4 atom stereocenters. The second kappa shape index (κ2) is 6.47. The monoisotopic (exact) mass is 344 g/mol. The van der Waals surface area contributed by atoms with E-state index in [9.17, 15) is 9.59 Å². The Balaban J connectivity index is 2.02. The van der Waals surface area contributed by atoms with Gasteiger partial charge in [0.05, 0.1) is 13.2 Å². The molecule has 4 nitrogen and oxygen atoms in total. The molecule has 136 valence electrons. The molecular formula is C21H28O4. The highest BCUT2D eigenvalue weighted by Gasteiger charge is 2.58. The molecule has 0 aliphatic heterocycles. The molecule has 1 fully saturated rings. The van der Waals surface area contributed by atoms with Gasteiger partial charge < -0.3 is 9.47 Å². The number of ether oxygens (including phenoxy) is 2. The number of fused-ring (bicyclic) bond motifs is 3. The van der Waals surface area contributed by atoms with Gasteiger partial charge >= 0.3 is 11.9 Å². The van der Waals surface area contributed by atoms with Crippen molar-refractivity contribution in [1.29, 1.82) is 0 Å². The van der Waals surface area contributed by atoms with Gasteiger partial charge in [-0.1, -0.05) is 44.5 Å². The van der Waals surface area contributed by atoms with Crippen LogP contribution in [-0.4, -0.2) is 25.2 Å². The van der Waals surface area contributed by atoms with E-state index in [0.717, 1.165) is 19.3 Å². The van der Waals surface area contributed by atoms with Crippen LogP contribution in [0.1, 0.15) is 64.0 Å². The molecule has 0 bridgehead atoms. The van der Waals surface area contributed by atoms with Crippen molar-refractivity contribution < 1.29 is 19.1 Å². The quantitative estimate of drug-likeness (QED) is 0.776. The van der Waals surface area contributed by atoms with Crippen molar-refractivity contribution in [2.45, 2.75) is 58.3 Å². The van der Waals surface area contributed by atoms with Gasteiger partial charge in [-0.2, -0.15) is 0 Å². The molecule has 25 heavy (non-hydrogen) atoms. The average molecular weight is 344 g/mol. The minimum absolute atomic E-state index is 0.0224. The highest BCUT2D eigenvalue weighted by Crippen LogP contribution is 2.63. The summed E-state index contributed by atoms with van der Waals surface area (Å²) in [5.41, 5.74) is 2.55. The van der Waals surface area contributed by atoms with Gasteiger partial charge in [-0.3, -0.25) is 9.59 Å². The fraction of sp³-hybridized carbons (Fsp3) is 0.619. The summed E-state index contributed by atoms with van der Waals surface area (Å²) in [6, 6.07) is 8.53. The van der Waals surface area contributed by atoms with Gasteiger partial charge in [0.1, 0.15) is 0 Å². The minimum atomic E-state index is -0.247. The van der Waals surface area contributed by atoms with Crippen LogP contribution in [0.5, 0.6) is 0 Å². The summed E-state index contributed by atoms with van der Waals surface area (Å²) in [7, 11) is 0. The fourth-order valence-corrected chi connectivity index (χ4v) is 5.51. The molecule has 2 aliphatic rings. The maximum atomic E-state index is 11.4. The summed E-state index contributed by atoms with van der Waals surface area (Å²) in [5.74, 6) is -0.0556. The van der Waals surface area contributed by atoms with E-state index in [1.165, 1.54) is 25.0 Å². The summed E-state index contributed by atoms with van der Waals surface area (Å²) in [4.78, 5) is 22.9. The maximum Gasteiger partial charge on any atom is 0.302 e. The Morgan fingerprint density at radius 1 is 1.08 bits per heavy atom. The third-order valence-electron chi connectivity index (χ3n) is 6.33. The highest BCUT2D eigenvalue weighted by molar-refractivity contribution is 5.66. The van der Waals surface area contributed by atoms with Gasteiger partial charge in [0, 0.05) is 25.2 Å². The predicted molar refractivity (Wildman–Crippen MR) is 95.2 cm³/mol. The largest absolute Gasteiger partial charge is 0.465 e. The fourth-order valence-electron chi connectivity index (χ4n) is 5.51. The molecule has 0 amide bonds. The second-order valence-corrected chi connectivity index (χ2v) is 8.18. The Labute approximate surface area is 149 Å². The first kappa shape index (κ1) is 18.0. The molecule has 3 rings (SSSR count). The zero-order valence-electron chi connectivity index (χ0n) is 15.6. The molecule has 1 aromatic rings. The molecular weight excluding hydrogens is 316 g/mol. The van der Waals surface area contributed by atoms with E-state index in [1.807, 2.05) is 0 Å². The number of rotatable bonds is 4. The molecule has 0 N–H and O–H groups in total. The van der Waals surface area contributed by atoms with Crippen molar-refractivity contribution in [2.75, 3.05) is 13.2 Å². The first-order valence-corrected chi connectivity index (χ1v) is 9.14. The molecule has 4 heteroatoms. The standard InChI is InChI=1S/C21H28O4/c1-14(22)24-12-17-16-8-5-6-9-18(16)21(4)11-7-10-20(3,19(17)21)13-25-15(2)23/h5-6,8-9,17,19H,7,10-13H2,1-4H3/t17-,19?,20-,21-/m0/s1. The Morgan fingerprint density at radius 3 is 2.44 bits per heavy atom. The van der Waals surface area contributed by atoms with Gasteiger partial charge in [-0.15, -0.1) is 0 Å². The summed E-state index contributed by atoms with van der Waals surface area (Å²) in [5, 5.41) is 0. The lowest BCUT2D eigenvalue weighted by Crippen LogP contribution is -2.48. The molecule has 2 aliphatic carbocycles. The molecule has 0 heterocycles. The van der Waals surface area contributed by atoms with Crippen molar-refractivity contribution in [3.8, 4) is 0 Å². The zero-order chi connectivity index (χ0) is 18.2. The van der Waals surface area contributed by atoms with Crippen LogP contribution >= 0.6 is 0 Å². The van der Waals surface area contributed by atoms with Crippen LogP contribution in [-0.2, 0) is 24.5 Å². The Kier molecular flexibility index (Phi) is 4.65. The van der Waals surface area contributed by atoms with E-state index >= 15 is 0 Å². The van der Waals surface area contributed by atoms with E-state index in [2.05, 4.69) is 38.1 Å². The third-order valence-corrected chi connectivity index (χ3v) is 6.33. The van der Waals surface area contributed by atoms with Crippen LogP contribution in [0.2, 0.25) is 0 Å². The normalized spacial score (nSPS) is 33.3. The first-order valence-electron chi connectivity index (χ1n) is 9.14. The van der Waals surface area contributed by atoms with E-state index in [0.29, 0.717) is 13.2 Å². The van der Waals surface area contributed by atoms with Crippen molar-refractivity contribution in [3.63, 3.8) is 0 Å². The summed E-state index contributed by atoms with van der Waals surface area (Å²) in [6.45, 7) is 8.29. The molecule has 0 aromatic heterocycles. The number of benzene rings is 1. The van der Waals surface area contributed by atoms with E-state index in [4.69, 9.17) is 9.47 Å². The lowest BCUT2D eigenvalue weighted by atomic mass is 9.54. The summed E-state index contributed by atoms with van der Waals surface area (Å²) in [6.07, 6.45) is 3.24. The minimum Gasteiger partial charge on any atom is -0.465 e. The summed E-state index contributed by atoms with van der Waals surface area (Å²) >= 11 is 0. The molecule has 1 aromatic carbocycles. The summed E-state index contributed by atoms with van der Waals surface area (Å²) < 4.78 is 10.9. The average Bonchev–Trinajstić information content (AvgIpc) is 2.82. The van der Waals surface area contributed by atoms with Crippen molar-refractivity contribution in [1.82, 2.24) is 0 Å². The topological polar surface area (TPSA) is 52.6 Å². The van der Waals surface area contributed by atoms with Crippen LogP contribution in [0, 0.1) is 11.3 Å². The Morgan fingerprint density at radius 2 is 1.76 bits per heavy atom. The lowest BCUT2D eigenvalue weighted by Gasteiger charge is -2.50. The number of hydrogen-bond acceptors (Lipinski definition) is 4. The Bertz CT molecular complexity index is 682. The van der Waals surface area contributed by atoms with Gasteiger partial charge in [0.2, 0.25) is 0 Å². The van der Waals surface area contributed by atoms with Crippen molar-refractivity contribution in [2.24, 2.45) is 11.3 Å². The number of carbonyl (C=O) groups excluding carboxylic acids is 2. The van der Waals surface area contributed by atoms with E-state index < -0.39 is 0 Å². The van der Waals surface area contributed by atoms with E-state index in [-0.39, 0.29) is 34.6 Å². The number of hydrogen-bond donors (Lipinski definition) is 0. The smallest absolute Gasteiger partial charge is 0.302 e. The molecule has 0 spiro atoms. The van der Waals surface area contributed by atoms with Crippen LogP contribution in [0.15, 0.2) is 24.3 Å². The lowest BCUT2D eigenvalue weighted by molar-refractivity contribution is -0.149. The molecule has 0 radical (unpaired) electrons. The predicted octanol–water partition coefficient (Wildman–Crippen LogP) is 3.97. The SMILES string of the molecule is CC(=O)OC[C@H]1c2ccccc2[C@]2(C)CCC[C@@](C)(COC(C)=O)C12.